The molecule has 0 aliphatic carbocycles. The SMILES string of the molecule is CCc1nn(C)c2c1nc(C(C)Cl)n2Cc1ccon1. The van der Waals surface area contributed by atoms with Crippen molar-refractivity contribution in [3.05, 3.63) is 29.5 Å². The van der Waals surface area contributed by atoms with Gasteiger partial charge in [-0.2, -0.15) is 5.10 Å². The van der Waals surface area contributed by atoms with Gasteiger partial charge in [-0.1, -0.05) is 12.1 Å². The van der Waals surface area contributed by atoms with Crippen LogP contribution in [0.4, 0.5) is 0 Å². The second-order valence-corrected chi connectivity index (χ2v) is 5.41. The van der Waals surface area contributed by atoms with Gasteiger partial charge in [0, 0.05) is 13.1 Å². The van der Waals surface area contributed by atoms with Gasteiger partial charge < -0.3 is 9.09 Å². The topological polar surface area (TPSA) is 61.7 Å². The summed E-state index contributed by atoms with van der Waals surface area (Å²) in [7, 11) is 1.92. The van der Waals surface area contributed by atoms with E-state index >= 15 is 0 Å². The summed E-state index contributed by atoms with van der Waals surface area (Å²) in [4.78, 5) is 4.67. The van der Waals surface area contributed by atoms with Gasteiger partial charge in [-0.15, -0.1) is 11.6 Å². The molecule has 0 saturated heterocycles. The highest BCUT2D eigenvalue weighted by Crippen LogP contribution is 2.27. The molecule has 0 N–H and O–H groups in total. The molecular formula is C13H16ClN5O. The summed E-state index contributed by atoms with van der Waals surface area (Å²) >= 11 is 6.27. The number of rotatable bonds is 4. The Morgan fingerprint density at radius 3 is 2.85 bits per heavy atom. The molecule has 3 heterocycles. The van der Waals surface area contributed by atoms with Gasteiger partial charge in [0.2, 0.25) is 0 Å². The Balaban J connectivity index is 2.20. The molecule has 0 saturated carbocycles. The molecule has 3 aromatic heterocycles. The van der Waals surface area contributed by atoms with Crippen LogP contribution in [0.5, 0.6) is 0 Å². The number of nitrogens with zero attached hydrogens (tertiary/aromatic N) is 5. The maximum atomic E-state index is 6.27. The van der Waals surface area contributed by atoms with Crippen LogP contribution in [0.15, 0.2) is 16.9 Å². The van der Waals surface area contributed by atoms with Crippen LogP contribution >= 0.6 is 11.6 Å². The van der Waals surface area contributed by atoms with E-state index in [0.717, 1.165) is 34.8 Å². The number of aromatic nitrogens is 5. The van der Waals surface area contributed by atoms with Crippen LogP contribution in [0.2, 0.25) is 0 Å². The molecule has 0 bridgehead atoms. The molecular weight excluding hydrogens is 278 g/mol. The molecule has 1 atom stereocenters. The molecule has 0 radical (unpaired) electrons. The smallest absolute Gasteiger partial charge is 0.159 e. The van der Waals surface area contributed by atoms with E-state index in [1.165, 1.54) is 0 Å². The second-order valence-electron chi connectivity index (χ2n) is 4.76. The molecule has 0 spiro atoms. The van der Waals surface area contributed by atoms with Gasteiger partial charge in [-0.3, -0.25) is 4.68 Å². The van der Waals surface area contributed by atoms with E-state index in [9.17, 15) is 0 Å². The molecule has 3 rings (SSSR count). The predicted octanol–water partition coefficient (Wildman–Crippen LogP) is 2.67. The van der Waals surface area contributed by atoms with Gasteiger partial charge in [0.25, 0.3) is 0 Å². The Morgan fingerprint density at radius 2 is 2.25 bits per heavy atom. The first-order chi connectivity index (χ1) is 9.61. The van der Waals surface area contributed by atoms with Crippen molar-refractivity contribution in [2.45, 2.75) is 32.2 Å². The molecule has 3 aromatic rings. The van der Waals surface area contributed by atoms with Gasteiger partial charge in [0.15, 0.2) is 5.65 Å². The first-order valence-corrected chi connectivity index (χ1v) is 7.00. The molecule has 1 unspecified atom stereocenters. The third kappa shape index (κ3) is 2.00. The highest BCUT2D eigenvalue weighted by Gasteiger charge is 2.21. The normalized spacial score (nSPS) is 13.2. The molecule has 6 nitrogen and oxygen atoms in total. The monoisotopic (exact) mass is 293 g/mol. The maximum absolute atomic E-state index is 6.27. The van der Waals surface area contributed by atoms with Gasteiger partial charge >= 0.3 is 0 Å². The third-order valence-electron chi connectivity index (χ3n) is 3.32. The van der Waals surface area contributed by atoms with E-state index in [-0.39, 0.29) is 5.38 Å². The number of fused-ring (bicyclic) bond motifs is 1. The molecule has 106 valence electrons. The molecule has 0 fully saturated rings. The molecule has 0 amide bonds. The highest BCUT2D eigenvalue weighted by atomic mass is 35.5. The van der Waals surface area contributed by atoms with Crippen molar-refractivity contribution < 1.29 is 4.52 Å². The fraction of sp³-hybridized carbons (Fsp3) is 0.462. The number of hydrogen-bond donors (Lipinski definition) is 0. The largest absolute Gasteiger partial charge is 0.364 e. The predicted molar refractivity (Wildman–Crippen MR) is 75.8 cm³/mol. The maximum Gasteiger partial charge on any atom is 0.159 e. The Labute approximate surface area is 121 Å². The molecule has 20 heavy (non-hydrogen) atoms. The fourth-order valence-corrected chi connectivity index (χ4v) is 2.60. The van der Waals surface area contributed by atoms with E-state index in [2.05, 4.69) is 26.7 Å². The summed E-state index contributed by atoms with van der Waals surface area (Å²) in [6.07, 6.45) is 2.41. The standard InChI is InChI=1S/C13H16ClN5O/c1-4-10-11-13(18(3)16-10)19(12(15-11)8(2)14)7-9-5-6-20-17-9/h5-6,8H,4,7H2,1-3H3. The van der Waals surface area contributed by atoms with E-state index < -0.39 is 0 Å². The van der Waals surface area contributed by atoms with Crippen LogP contribution in [0.3, 0.4) is 0 Å². The van der Waals surface area contributed by atoms with Crippen LogP contribution < -0.4 is 0 Å². The van der Waals surface area contributed by atoms with Crippen LogP contribution in [-0.4, -0.2) is 24.5 Å². The zero-order valence-corrected chi connectivity index (χ0v) is 12.4. The van der Waals surface area contributed by atoms with Gasteiger partial charge in [-0.05, 0) is 13.3 Å². The number of aryl methyl sites for hydroxylation is 2. The van der Waals surface area contributed by atoms with Crippen molar-refractivity contribution in [2.75, 3.05) is 0 Å². The molecule has 0 aliphatic heterocycles. The number of alkyl halides is 1. The van der Waals surface area contributed by atoms with Crippen molar-refractivity contribution in [1.29, 1.82) is 0 Å². The lowest BCUT2D eigenvalue weighted by molar-refractivity contribution is 0.409. The lowest BCUT2D eigenvalue weighted by atomic mass is 10.3. The second kappa shape index (κ2) is 4.94. The minimum atomic E-state index is -0.181. The molecule has 0 aromatic carbocycles. The van der Waals surface area contributed by atoms with Crippen LogP contribution in [0.1, 0.15) is 36.4 Å². The summed E-state index contributed by atoms with van der Waals surface area (Å²) in [6, 6.07) is 1.84. The van der Waals surface area contributed by atoms with Crippen molar-refractivity contribution in [1.82, 2.24) is 24.5 Å². The van der Waals surface area contributed by atoms with Gasteiger partial charge in [-0.25, -0.2) is 4.98 Å². The van der Waals surface area contributed by atoms with Gasteiger partial charge in [0.05, 0.1) is 17.6 Å². The number of imidazole rings is 1. The summed E-state index contributed by atoms with van der Waals surface area (Å²) in [5.74, 6) is 0.826. The average molecular weight is 294 g/mol. The van der Waals surface area contributed by atoms with Crippen LogP contribution in [-0.2, 0) is 20.0 Å². The first-order valence-electron chi connectivity index (χ1n) is 6.57. The average Bonchev–Trinajstić information content (AvgIpc) is 3.08. The van der Waals surface area contributed by atoms with Crippen LogP contribution in [0.25, 0.3) is 11.2 Å². The lowest BCUT2D eigenvalue weighted by Crippen LogP contribution is -2.09. The zero-order valence-electron chi connectivity index (χ0n) is 11.7. The third-order valence-corrected chi connectivity index (χ3v) is 3.52. The Hall–Kier alpha value is -1.82. The van der Waals surface area contributed by atoms with Crippen molar-refractivity contribution in [2.24, 2.45) is 7.05 Å². The minimum Gasteiger partial charge on any atom is -0.364 e. The van der Waals surface area contributed by atoms with E-state index in [1.807, 2.05) is 24.7 Å². The first kappa shape index (κ1) is 13.2. The van der Waals surface area contributed by atoms with Gasteiger partial charge in [0.1, 0.15) is 23.3 Å². The molecule has 7 heteroatoms. The number of hydrogen-bond acceptors (Lipinski definition) is 4. The van der Waals surface area contributed by atoms with Crippen molar-refractivity contribution in [3.8, 4) is 0 Å². The van der Waals surface area contributed by atoms with Crippen molar-refractivity contribution >= 4 is 22.8 Å². The zero-order chi connectivity index (χ0) is 14.3. The highest BCUT2D eigenvalue weighted by molar-refractivity contribution is 6.20. The fourth-order valence-electron chi connectivity index (χ4n) is 2.44. The van der Waals surface area contributed by atoms with E-state index in [0.29, 0.717) is 6.54 Å². The van der Waals surface area contributed by atoms with E-state index in [4.69, 9.17) is 16.1 Å². The number of halogens is 1. The van der Waals surface area contributed by atoms with Crippen molar-refractivity contribution in [3.63, 3.8) is 0 Å². The summed E-state index contributed by atoms with van der Waals surface area (Å²) in [5, 5.41) is 8.28. The quantitative estimate of drug-likeness (QED) is 0.694. The molecule has 0 aliphatic rings. The Bertz CT molecular complexity index is 726. The van der Waals surface area contributed by atoms with E-state index in [1.54, 1.807) is 6.26 Å². The lowest BCUT2D eigenvalue weighted by Gasteiger charge is -2.09. The van der Waals surface area contributed by atoms with Crippen LogP contribution in [0, 0.1) is 0 Å². The summed E-state index contributed by atoms with van der Waals surface area (Å²) in [5.41, 5.74) is 3.70. The summed E-state index contributed by atoms with van der Waals surface area (Å²) in [6.45, 7) is 4.56. The Morgan fingerprint density at radius 1 is 1.45 bits per heavy atom. The Kier molecular flexibility index (Phi) is 3.25. The summed E-state index contributed by atoms with van der Waals surface area (Å²) < 4.78 is 8.80. The minimum absolute atomic E-state index is 0.181.